The van der Waals surface area contributed by atoms with Gasteiger partial charge in [-0.2, -0.15) is 5.26 Å². The van der Waals surface area contributed by atoms with Gasteiger partial charge in [0.15, 0.2) is 0 Å². The van der Waals surface area contributed by atoms with Crippen molar-refractivity contribution in [3.05, 3.63) is 27.7 Å². The van der Waals surface area contributed by atoms with Gasteiger partial charge in [-0.1, -0.05) is 6.92 Å². The van der Waals surface area contributed by atoms with Crippen LogP contribution < -0.4 is 0 Å². The van der Waals surface area contributed by atoms with Crippen LogP contribution in [-0.4, -0.2) is 8.42 Å². The van der Waals surface area contributed by atoms with Crippen LogP contribution in [-0.2, 0) is 15.5 Å². The summed E-state index contributed by atoms with van der Waals surface area (Å²) in [6.45, 7) is 1.84. The van der Waals surface area contributed by atoms with Gasteiger partial charge < -0.3 is 0 Å². The molecule has 0 heterocycles. The van der Waals surface area contributed by atoms with Crippen molar-refractivity contribution in [3.63, 3.8) is 0 Å². The maximum Gasteiger partial charge on any atom is 0.262 e. The standard InChI is InChI=1S/C9H7BrClNO2S/c1-2-7-6(5-12)3-4-8(9(7)10)15(11,13)14/h3-4H,2H2,1H3. The van der Waals surface area contributed by atoms with E-state index < -0.39 is 9.05 Å². The van der Waals surface area contributed by atoms with Crippen molar-refractivity contribution in [2.75, 3.05) is 0 Å². The molecule has 0 saturated carbocycles. The topological polar surface area (TPSA) is 57.9 Å². The average molecular weight is 309 g/mol. The van der Waals surface area contributed by atoms with E-state index in [0.29, 0.717) is 22.0 Å². The Morgan fingerprint density at radius 3 is 2.53 bits per heavy atom. The van der Waals surface area contributed by atoms with Crippen LogP contribution in [0, 0.1) is 11.3 Å². The molecule has 0 atom stereocenters. The predicted octanol–water partition coefficient (Wildman–Crippen LogP) is 2.81. The highest BCUT2D eigenvalue weighted by atomic mass is 79.9. The fourth-order valence-corrected chi connectivity index (χ4v) is 3.74. The van der Waals surface area contributed by atoms with Gasteiger partial charge >= 0.3 is 0 Å². The van der Waals surface area contributed by atoms with Crippen molar-refractivity contribution in [2.24, 2.45) is 0 Å². The van der Waals surface area contributed by atoms with Crippen LogP contribution >= 0.6 is 26.6 Å². The summed E-state index contributed by atoms with van der Waals surface area (Å²) in [6, 6.07) is 4.78. The molecule has 0 aromatic heterocycles. The number of nitriles is 1. The molecule has 0 saturated heterocycles. The molecular weight excluding hydrogens is 302 g/mol. The van der Waals surface area contributed by atoms with Gasteiger partial charge in [0, 0.05) is 15.2 Å². The van der Waals surface area contributed by atoms with E-state index in [0.717, 1.165) is 0 Å². The lowest BCUT2D eigenvalue weighted by atomic mass is 10.1. The minimum atomic E-state index is -3.78. The lowest BCUT2D eigenvalue weighted by molar-refractivity contribution is 0.609. The Kier molecular flexibility index (Phi) is 3.77. The Bertz CT molecular complexity index is 534. The van der Waals surface area contributed by atoms with E-state index in [-0.39, 0.29) is 4.90 Å². The smallest absolute Gasteiger partial charge is 0.207 e. The van der Waals surface area contributed by atoms with Crippen LogP contribution in [0.5, 0.6) is 0 Å². The summed E-state index contributed by atoms with van der Waals surface area (Å²) in [5.41, 5.74) is 1.10. The molecule has 80 valence electrons. The molecule has 0 aliphatic heterocycles. The van der Waals surface area contributed by atoms with E-state index >= 15 is 0 Å². The molecule has 0 amide bonds. The van der Waals surface area contributed by atoms with Crippen molar-refractivity contribution < 1.29 is 8.42 Å². The molecule has 1 rings (SSSR count). The summed E-state index contributed by atoms with van der Waals surface area (Å²) in [6.07, 6.45) is 0.559. The Morgan fingerprint density at radius 1 is 1.53 bits per heavy atom. The highest BCUT2D eigenvalue weighted by Gasteiger charge is 2.18. The SMILES string of the molecule is CCc1c(C#N)ccc(S(=O)(=O)Cl)c1Br. The summed E-state index contributed by atoms with van der Waals surface area (Å²) in [5.74, 6) is 0. The third kappa shape index (κ3) is 2.51. The van der Waals surface area contributed by atoms with Gasteiger partial charge in [0.1, 0.15) is 0 Å². The zero-order valence-electron chi connectivity index (χ0n) is 7.79. The van der Waals surface area contributed by atoms with Crippen molar-refractivity contribution in [3.8, 4) is 6.07 Å². The highest BCUT2D eigenvalue weighted by molar-refractivity contribution is 9.10. The van der Waals surface area contributed by atoms with Gasteiger partial charge in [0.25, 0.3) is 9.05 Å². The number of benzene rings is 1. The van der Waals surface area contributed by atoms with Gasteiger partial charge in [-0.05, 0) is 40.0 Å². The minimum Gasteiger partial charge on any atom is -0.207 e. The van der Waals surface area contributed by atoms with E-state index in [4.69, 9.17) is 15.9 Å². The number of rotatable bonds is 2. The molecule has 0 unspecified atom stereocenters. The normalized spacial score (nSPS) is 11.1. The summed E-state index contributed by atoms with van der Waals surface area (Å²) in [5, 5.41) is 8.81. The quantitative estimate of drug-likeness (QED) is 0.789. The maximum atomic E-state index is 11.2. The second-order valence-corrected chi connectivity index (χ2v) is 6.13. The molecule has 0 aliphatic carbocycles. The van der Waals surface area contributed by atoms with Crippen LogP contribution in [0.25, 0.3) is 0 Å². The van der Waals surface area contributed by atoms with Gasteiger partial charge in [0.05, 0.1) is 16.5 Å². The third-order valence-corrected chi connectivity index (χ3v) is 4.48. The Labute approximate surface area is 101 Å². The summed E-state index contributed by atoms with van der Waals surface area (Å²) < 4.78 is 22.7. The zero-order valence-corrected chi connectivity index (χ0v) is 10.9. The molecule has 0 N–H and O–H groups in total. The zero-order chi connectivity index (χ0) is 11.6. The van der Waals surface area contributed by atoms with Gasteiger partial charge in [-0.15, -0.1) is 0 Å². The maximum absolute atomic E-state index is 11.2. The molecule has 15 heavy (non-hydrogen) atoms. The lowest BCUT2D eigenvalue weighted by Gasteiger charge is -2.07. The van der Waals surface area contributed by atoms with Crippen LogP contribution in [0.15, 0.2) is 21.5 Å². The molecule has 1 aromatic rings. The Morgan fingerprint density at radius 2 is 2.13 bits per heavy atom. The first-order valence-electron chi connectivity index (χ1n) is 4.08. The lowest BCUT2D eigenvalue weighted by Crippen LogP contribution is -1.98. The first-order valence-corrected chi connectivity index (χ1v) is 7.18. The molecule has 6 heteroatoms. The molecule has 0 bridgehead atoms. The van der Waals surface area contributed by atoms with Crippen LogP contribution in [0.1, 0.15) is 18.1 Å². The largest absolute Gasteiger partial charge is 0.262 e. The summed E-state index contributed by atoms with van der Waals surface area (Å²) in [4.78, 5) is 0.0000154. The van der Waals surface area contributed by atoms with Crippen molar-refractivity contribution in [1.29, 1.82) is 5.26 Å². The molecule has 0 aliphatic rings. The molecule has 0 fully saturated rings. The molecule has 0 spiro atoms. The fourth-order valence-electron chi connectivity index (χ4n) is 1.24. The van der Waals surface area contributed by atoms with Gasteiger partial charge in [-0.25, -0.2) is 8.42 Å². The number of halogens is 2. The highest BCUT2D eigenvalue weighted by Crippen LogP contribution is 2.30. The fraction of sp³-hybridized carbons (Fsp3) is 0.222. The molecular formula is C9H7BrClNO2S. The summed E-state index contributed by atoms with van der Waals surface area (Å²) >= 11 is 3.15. The Hall–Kier alpha value is -0.570. The second-order valence-electron chi connectivity index (χ2n) is 2.81. The number of nitrogens with zero attached hydrogens (tertiary/aromatic N) is 1. The summed E-state index contributed by atoms with van der Waals surface area (Å²) in [7, 11) is 1.47. The van der Waals surface area contributed by atoms with E-state index in [1.54, 1.807) is 0 Å². The third-order valence-electron chi connectivity index (χ3n) is 1.94. The van der Waals surface area contributed by atoms with E-state index in [2.05, 4.69) is 15.9 Å². The monoisotopic (exact) mass is 307 g/mol. The van der Waals surface area contributed by atoms with Crippen molar-refractivity contribution in [1.82, 2.24) is 0 Å². The Balaban J connectivity index is 3.59. The van der Waals surface area contributed by atoms with Crippen molar-refractivity contribution in [2.45, 2.75) is 18.2 Å². The molecule has 1 aromatic carbocycles. The first-order chi connectivity index (χ1) is 6.91. The molecule has 3 nitrogen and oxygen atoms in total. The van der Waals surface area contributed by atoms with E-state index in [9.17, 15) is 8.42 Å². The predicted molar refractivity (Wildman–Crippen MR) is 61.3 cm³/mol. The van der Waals surface area contributed by atoms with Crippen molar-refractivity contribution >= 4 is 35.7 Å². The van der Waals surface area contributed by atoms with E-state index in [1.807, 2.05) is 13.0 Å². The van der Waals surface area contributed by atoms with Crippen LogP contribution in [0.4, 0.5) is 0 Å². The van der Waals surface area contributed by atoms with Crippen LogP contribution in [0.2, 0.25) is 0 Å². The second kappa shape index (κ2) is 4.52. The van der Waals surface area contributed by atoms with Gasteiger partial charge in [0.2, 0.25) is 0 Å². The van der Waals surface area contributed by atoms with Crippen LogP contribution in [0.3, 0.4) is 0 Å². The first kappa shape index (κ1) is 12.5. The number of hydrogen-bond acceptors (Lipinski definition) is 3. The van der Waals surface area contributed by atoms with E-state index in [1.165, 1.54) is 12.1 Å². The molecule has 0 radical (unpaired) electrons. The number of hydrogen-bond donors (Lipinski definition) is 0. The minimum absolute atomic E-state index is 0.0000154. The van der Waals surface area contributed by atoms with Gasteiger partial charge in [-0.3, -0.25) is 0 Å². The average Bonchev–Trinajstić information content (AvgIpc) is 2.15.